The molecule has 26 heavy (non-hydrogen) atoms. The van der Waals surface area contributed by atoms with E-state index >= 15 is 0 Å². The highest BCUT2D eigenvalue weighted by atomic mass is 32.1. The van der Waals surface area contributed by atoms with Gasteiger partial charge in [-0.3, -0.25) is 0 Å². The molecule has 0 unspecified atom stereocenters. The number of fused-ring (bicyclic) bond motifs is 1. The Labute approximate surface area is 152 Å². The summed E-state index contributed by atoms with van der Waals surface area (Å²) in [6.45, 7) is 1.91. The lowest BCUT2D eigenvalue weighted by Gasteiger charge is -2.16. The summed E-state index contributed by atoms with van der Waals surface area (Å²) in [6, 6.07) is 19.0. The van der Waals surface area contributed by atoms with Crippen LogP contribution < -0.4 is 0 Å². The van der Waals surface area contributed by atoms with E-state index in [2.05, 4.69) is 4.98 Å². The van der Waals surface area contributed by atoms with Crippen molar-refractivity contribution in [3.8, 4) is 21.7 Å². The van der Waals surface area contributed by atoms with Gasteiger partial charge in [0.05, 0.1) is 15.8 Å². The smallest absolute Gasteiger partial charge is 0.236 e. The molecule has 0 amide bonds. The van der Waals surface area contributed by atoms with Gasteiger partial charge in [0.15, 0.2) is 0 Å². The van der Waals surface area contributed by atoms with Gasteiger partial charge < -0.3 is 0 Å². The minimum absolute atomic E-state index is 0.124. The molecular formula is C21H14F3NS. The molecule has 0 aliphatic rings. The van der Waals surface area contributed by atoms with E-state index in [1.54, 1.807) is 36.4 Å². The number of aromatic nitrogens is 1. The molecule has 5 heteroatoms. The van der Waals surface area contributed by atoms with Crippen LogP contribution in [0.3, 0.4) is 0 Å². The van der Waals surface area contributed by atoms with Gasteiger partial charge in [-0.05, 0) is 29.7 Å². The zero-order chi connectivity index (χ0) is 18.3. The molecule has 1 heterocycles. The third kappa shape index (κ3) is 2.88. The predicted molar refractivity (Wildman–Crippen MR) is 100 cm³/mol. The molecule has 1 nitrogen and oxygen atoms in total. The molecule has 0 fully saturated rings. The molecule has 0 aliphatic carbocycles. The molecule has 0 saturated heterocycles. The molecule has 0 atom stereocenters. The van der Waals surface area contributed by atoms with Crippen LogP contribution in [0.15, 0.2) is 66.7 Å². The molecule has 0 bridgehead atoms. The van der Waals surface area contributed by atoms with E-state index in [0.717, 1.165) is 15.8 Å². The molecule has 0 aliphatic heterocycles. The number of thiazole rings is 1. The van der Waals surface area contributed by atoms with Crippen LogP contribution in [0.2, 0.25) is 0 Å². The van der Waals surface area contributed by atoms with E-state index in [-0.39, 0.29) is 11.1 Å². The van der Waals surface area contributed by atoms with Gasteiger partial charge in [0.25, 0.3) is 0 Å². The summed E-state index contributed by atoms with van der Waals surface area (Å²) in [5, 5.41) is 0.388. The third-order valence-corrected chi connectivity index (χ3v) is 5.34. The number of benzene rings is 3. The van der Waals surface area contributed by atoms with Crippen LogP contribution in [0.1, 0.15) is 11.1 Å². The van der Waals surface area contributed by atoms with Crippen molar-refractivity contribution < 1.29 is 13.2 Å². The molecule has 130 valence electrons. The average Bonchev–Trinajstić information content (AvgIpc) is 3.07. The number of alkyl halides is 3. The van der Waals surface area contributed by atoms with Crippen LogP contribution in [0, 0.1) is 6.92 Å². The maximum atomic E-state index is 14.0. The molecule has 1 aromatic heterocycles. The zero-order valence-corrected chi connectivity index (χ0v) is 14.7. The zero-order valence-electron chi connectivity index (χ0n) is 13.8. The van der Waals surface area contributed by atoms with Crippen molar-refractivity contribution in [1.82, 2.24) is 4.98 Å². The van der Waals surface area contributed by atoms with E-state index in [4.69, 9.17) is 0 Å². The van der Waals surface area contributed by atoms with E-state index < -0.39 is 11.7 Å². The summed E-state index contributed by atoms with van der Waals surface area (Å²) in [5.74, 6) is 0. The van der Waals surface area contributed by atoms with Gasteiger partial charge in [0.2, 0.25) is 0 Å². The van der Waals surface area contributed by atoms with Crippen LogP contribution in [0.5, 0.6) is 0 Å². The molecule has 4 rings (SSSR count). The standard InChI is InChI=1S/C21H14F3NS/c1-13-7-5-12-17-19(13)25-20(26-17)16-11-6-10-15(18(16)21(22,23)24)14-8-3-2-4-9-14/h2-12H,1H3. The van der Waals surface area contributed by atoms with Crippen molar-refractivity contribution >= 4 is 21.6 Å². The summed E-state index contributed by atoms with van der Waals surface area (Å²) in [5.41, 5.74) is 1.91. The topological polar surface area (TPSA) is 12.9 Å². The van der Waals surface area contributed by atoms with Crippen molar-refractivity contribution in [3.05, 3.63) is 77.9 Å². The van der Waals surface area contributed by atoms with E-state index in [9.17, 15) is 13.2 Å². The van der Waals surface area contributed by atoms with Gasteiger partial charge in [0.1, 0.15) is 5.01 Å². The first-order valence-corrected chi connectivity index (χ1v) is 8.89. The molecule has 3 aromatic carbocycles. The Bertz CT molecular complexity index is 1080. The lowest BCUT2D eigenvalue weighted by Crippen LogP contribution is -2.09. The van der Waals surface area contributed by atoms with Gasteiger partial charge in [-0.25, -0.2) is 4.98 Å². The van der Waals surface area contributed by atoms with Gasteiger partial charge in [0, 0.05) is 5.56 Å². The maximum absolute atomic E-state index is 14.0. The first kappa shape index (κ1) is 16.8. The SMILES string of the molecule is Cc1cccc2sc(-c3cccc(-c4ccccc4)c3C(F)(F)F)nc12. The molecule has 0 saturated carbocycles. The van der Waals surface area contributed by atoms with E-state index in [1.165, 1.54) is 23.5 Å². The summed E-state index contributed by atoms with van der Waals surface area (Å²) < 4.78 is 42.9. The van der Waals surface area contributed by atoms with Crippen molar-refractivity contribution in [2.75, 3.05) is 0 Å². The van der Waals surface area contributed by atoms with E-state index in [1.807, 2.05) is 25.1 Å². The minimum atomic E-state index is -4.48. The average molecular weight is 369 g/mol. The quantitative estimate of drug-likeness (QED) is 0.372. The highest BCUT2D eigenvalue weighted by Gasteiger charge is 2.37. The highest BCUT2D eigenvalue weighted by molar-refractivity contribution is 7.21. The molecule has 0 N–H and O–H groups in total. The van der Waals surface area contributed by atoms with Gasteiger partial charge in [-0.1, -0.05) is 60.7 Å². The fraction of sp³-hybridized carbons (Fsp3) is 0.0952. The third-order valence-electron chi connectivity index (χ3n) is 4.28. The number of halogens is 3. The van der Waals surface area contributed by atoms with Gasteiger partial charge >= 0.3 is 6.18 Å². The number of nitrogens with zero attached hydrogens (tertiary/aromatic N) is 1. The summed E-state index contributed by atoms with van der Waals surface area (Å²) >= 11 is 1.29. The first-order valence-electron chi connectivity index (χ1n) is 8.07. The summed E-state index contributed by atoms with van der Waals surface area (Å²) in [6.07, 6.45) is -4.48. The van der Waals surface area contributed by atoms with Crippen molar-refractivity contribution in [2.24, 2.45) is 0 Å². The molecular weight excluding hydrogens is 355 g/mol. The lowest BCUT2D eigenvalue weighted by molar-refractivity contribution is -0.136. The Hall–Kier alpha value is -2.66. The van der Waals surface area contributed by atoms with Crippen LogP contribution in [-0.2, 0) is 6.18 Å². The predicted octanol–water partition coefficient (Wildman–Crippen LogP) is 6.96. The second-order valence-electron chi connectivity index (χ2n) is 6.03. The first-order chi connectivity index (χ1) is 12.4. The molecule has 0 radical (unpaired) electrons. The fourth-order valence-corrected chi connectivity index (χ4v) is 4.17. The van der Waals surface area contributed by atoms with Gasteiger partial charge in [-0.2, -0.15) is 13.2 Å². The molecule has 0 spiro atoms. The van der Waals surface area contributed by atoms with Crippen molar-refractivity contribution in [3.63, 3.8) is 0 Å². The van der Waals surface area contributed by atoms with Gasteiger partial charge in [-0.15, -0.1) is 11.3 Å². The fourth-order valence-electron chi connectivity index (χ4n) is 3.10. The number of rotatable bonds is 2. The number of para-hydroxylation sites is 1. The Morgan fingerprint density at radius 1 is 0.808 bits per heavy atom. The number of hydrogen-bond acceptors (Lipinski definition) is 2. The Balaban J connectivity index is 2.00. The summed E-state index contributed by atoms with van der Waals surface area (Å²) in [7, 11) is 0. The molecule has 4 aromatic rings. The summed E-state index contributed by atoms with van der Waals surface area (Å²) in [4.78, 5) is 4.51. The second-order valence-corrected chi connectivity index (χ2v) is 7.06. The van der Waals surface area contributed by atoms with Crippen molar-refractivity contribution in [2.45, 2.75) is 13.1 Å². The Morgan fingerprint density at radius 3 is 2.19 bits per heavy atom. The monoisotopic (exact) mass is 369 g/mol. The van der Waals surface area contributed by atoms with E-state index in [0.29, 0.717) is 10.6 Å². The Kier molecular flexibility index (Phi) is 4.04. The normalized spacial score (nSPS) is 11.8. The maximum Gasteiger partial charge on any atom is 0.417 e. The van der Waals surface area contributed by atoms with Crippen molar-refractivity contribution in [1.29, 1.82) is 0 Å². The highest BCUT2D eigenvalue weighted by Crippen LogP contribution is 2.44. The van der Waals surface area contributed by atoms with Crippen LogP contribution in [0.25, 0.3) is 31.9 Å². The van der Waals surface area contributed by atoms with Crippen LogP contribution in [-0.4, -0.2) is 4.98 Å². The number of hydrogen-bond donors (Lipinski definition) is 0. The number of aryl methyl sites for hydroxylation is 1. The van der Waals surface area contributed by atoms with Crippen LogP contribution >= 0.6 is 11.3 Å². The Morgan fingerprint density at radius 2 is 1.50 bits per heavy atom. The minimum Gasteiger partial charge on any atom is -0.236 e. The second kappa shape index (κ2) is 6.25. The largest absolute Gasteiger partial charge is 0.417 e. The lowest BCUT2D eigenvalue weighted by atomic mass is 9.95. The van der Waals surface area contributed by atoms with Crippen LogP contribution in [0.4, 0.5) is 13.2 Å².